The molecule has 0 aromatic heterocycles. The number of Topliss-reactive ketones (excluding diaryl/α,β-unsaturated/α-hetero) is 1. The summed E-state index contributed by atoms with van der Waals surface area (Å²) in [4.78, 5) is 14.0. The standard InChI is InChI=1S/C13H17F2NO/c1-5-13(2,16(3)4)12(17)10-8-9(14)6-7-11(10)15/h6-8H,5H2,1-4H3. The van der Waals surface area contributed by atoms with Crippen LogP contribution in [0, 0.1) is 11.6 Å². The Morgan fingerprint density at radius 2 is 1.94 bits per heavy atom. The van der Waals surface area contributed by atoms with E-state index in [1.807, 2.05) is 6.92 Å². The van der Waals surface area contributed by atoms with Crippen LogP contribution in [0.3, 0.4) is 0 Å². The first kappa shape index (κ1) is 13.8. The number of likely N-dealkylation sites (N-methyl/N-ethyl adjacent to an activating group) is 1. The summed E-state index contributed by atoms with van der Waals surface area (Å²) < 4.78 is 26.6. The number of hydrogen-bond acceptors (Lipinski definition) is 2. The molecule has 94 valence electrons. The molecule has 0 amide bonds. The first-order valence-electron chi connectivity index (χ1n) is 5.50. The van der Waals surface area contributed by atoms with Crippen molar-refractivity contribution in [2.24, 2.45) is 0 Å². The zero-order valence-corrected chi connectivity index (χ0v) is 10.6. The molecule has 0 aliphatic rings. The van der Waals surface area contributed by atoms with Gasteiger partial charge in [0.1, 0.15) is 11.6 Å². The highest BCUT2D eigenvalue weighted by atomic mass is 19.1. The molecular formula is C13H17F2NO. The van der Waals surface area contributed by atoms with Crippen LogP contribution in [0.1, 0.15) is 30.6 Å². The van der Waals surface area contributed by atoms with Crippen LogP contribution in [0.15, 0.2) is 18.2 Å². The first-order valence-corrected chi connectivity index (χ1v) is 5.50. The third-order valence-electron chi connectivity index (χ3n) is 3.34. The van der Waals surface area contributed by atoms with E-state index >= 15 is 0 Å². The van der Waals surface area contributed by atoms with Gasteiger partial charge in [-0.15, -0.1) is 0 Å². The van der Waals surface area contributed by atoms with Gasteiger partial charge in [-0.05, 0) is 45.6 Å². The average Bonchev–Trinajstić information content (AvgIpc) is 2.30. The minimum Gasteiger partial charge on any atom is -0.297 e. The number of rotatable bonds is 4. The molecule has 0 radical (unpaired) electrons. The van der Waals surface area contributed by atoms with Crippen LogP contribution >= 0.6 is 0 Å². The number of benzene rings is 1. The fourth-order valence-electron chi connectivity index (χ4n) is 1.64. The zero-order chi connectivity index (χ0) is 13.2. The molecule has 0 bridgehead atoms. The Morgan fingerprint density at radius 1 is 1.35 bits per heavy atom. The van der Waals surface area contributed by atoms with Crippen LogP contribution in [0.2, 0.25) is 0 Å². The molecule has 2 nitrogen and oxygen atoms in total. The lowest BCUT2D eigenvalue weighted by molar-refractivity contribution is 0.0705. The molecule has 0 heterocycles. The molecule has 0 aliphatic heterocycles. The van der Waals surface area contributed by atoms with E-state index in [-0.39, 0.29) is 5.56 Å². The maximum atomic E-state index is 13.5. The van der Waals surface area contributed by atoms with Gasteiger partial charge in [0.15, 0.2) is 5.78 Å². The summed E-state index contributed by atoms with van der Waals surface area (Å²) in [5, 5.41) is 0. The molecule has 4 heteroatoms. The molecule has 1 atom stereocenters. The van der Waals surface area contributed by atoms with Crippen molar-refractivity contribution in [3.8, 4) is 0 Å². The van der Waals surface area contributed by atoms with E-state index in [1.54, 1.807) is 25.9 Å². The summed E-state index contributed by atoms with van der Waals surface area (Å²) in [5.41, 5.74) is -1.02. The van der Waals surface area contributed by atoms with Gasteiger partial charge in [0, 0.05) is 0 Å². The van der Waals surface area contributed by atoms with Gasteiger partial charge in [-0.2, -0.15) is 0 Å². The molecule has 0 spiro atoms. The number of halogens is 2. The Balaban J connectivity index is 3.24. The number of carbonyl (C=O) groups excluding carboxylic acids is 1. The second kappa shape index (κ2) is 4.92. The lowest BCUT2D eigenvalue weighted by Crippen LogP contribution is -2.48. The molecule has 0 fully saturated rings. The molecule has 0 N–H and O–H groups in total. The monoisotopic (exact) mass is 241 g/mol. The lowest BCUT2D eigenvalue weighted by Gasteiger charge is -2.34. The topological polar surface area (TPSA) is 20.3 Å². The van der Waals surface area contributed by atoms with Gasteiger partial charge in [-0.3, -0.25) is 9.69 Å². The van der Waals surface area contributed by atoms with Crippen molar-refractivity contribution in [3.05, 3.63) is 35.4 Å². The number of nitrogens with zero attached hydrogens (tertiary/aromatic N) is 1. The first-order chi connectivity index (χ1) is 7.82. The average molecular weight is 241 g/mol. The van der Waals surface area contributed by atoms with E-state index in [2.05, 4.69) is 0 Å². The van der Waals surface area contributed by atoms with Crippen LogP contribution in [-0.2, 0) is 0 Å². The number of ketones is 1. The van der Waals surface area contributed by atoms with E-state index in [1.165, 1.54) is 0 Å². The maximum absolute atomic E-state index is 13.5. The Hall–Kier alpha value is -1.29. The minimum absolute atomic E-state index is 0.192. The second-order valence-corrected chi connectivity index (χ2v) is 4.48. The Bertz CT molecular complexity index is 431. The van der Waals surface area contributed by atoms with Crippen molar-refractivity contribution in [2.75, 3.05) is 14.1 Å². The quantitative estimate of drug-likeness (QED) is 0.755. The fourth-order valence-corrected chi connectivity index (χ4v) is 1.64. The largest absolute Gasteiger partial charge is 0.297 e. The molecular weight excluding hydrogens is 224 g/mol. The Labute approximate surface area is 100 Å². The highest BCUT2D eigenvalue weighted by molar-refractivity contribution is 6.03. The summed E-state index contributed by atoms with van der Waals surface area (Å²) in [5.74, 6) is -1.69. The molecule has 1 aromatic rings. The van der Waals surface area contributed by atoms with Crippen molar-refractivity contribution in [3.63, 3.8) is 0 Å². The summed E-state index contributed by atoms with van der Waals surface area (Å²) >= 11 is 0. The summed E-state index contributed by atoms with van der Waals surface area (Å²) in [6.45, 7) is 3.56. The van der Waals surface area contributed by atoms with E-state index in [0.29, 0.717) is 6.42 Å². The maximum Gasteiger partial charge on any atom is 0.185 e. The molecule has 1 aromatic carbocycles. The van der Waals surface area contributed by atoms with Gasteiger partial charge >= 0.3 is 0 Å². The SMILES string of the molecule is CCC(C)(C(=O)c1cc(F)ccc1F)N(C)C. The molecule has 1 rings (SSSR count). The van der Waals surface area contributed by atoms with Gasteiger partial charge in [-0.25, -0.2) is 8.78 Å². The van der Waals surface area contributed by atoms with Crippen molar-refractivity contribution < 1.29 is 13.6 Å². The highest BCUT2D eigenvalue weighted by Gasteiger charge is 2.35. The molecule has 1 unspecified atom stereocenters. The van der Waals surface area contributed by atoms with Gasteiger partial charge < -0.3 is 0 Å². The van der Waals surface area contributed by atoms with Gasteiger partial charge in [-0.1, -0.05) is 6.92 Å². The summed E-state index contributed by atoms with van der Waals surface area (Å²) in [7, 11) is 3.50. The highest BCUT2D eigenvalue weighted by Crippen LogP contribution is 2.24. The third kappa shape index (κ3) is 2.52. The molecule has 0 saturated carbocycles. The van der Waals surface area contributed by atoms with Crippen molar-refractivity contribution in [1.29, 1.82) is 0 Å². The summed E-state index contributed by atoms with van der Waals surface area (Å²) in [6, 6.07) is 2.94. The van der Waals surface area contributed by atoms with Crippen LogP contribution < -0.4 is 0 Å². The predicted molar refractivity (Wildman–Crippen MR) is 63.1 cm³/mol. The predicted octanol–water partition coefficient (Wildman–Crippen LogP) is 2.88. The Kier molecular flexibility index (Phi) is 3.98. The van der Waals surface area contributed by atoms with Crippen LogP contribution in [0.4, 0.5) is 8.78 Å². The van der Waals surface area contributed by atoms with Gasteiger partial charge in [0.25, 0.3) is 0 Å². The third-order valence-corrected chi connectivity index (χ3v) is 3.34. The zero-order valence-electron chi connectivity index (χ0n) is 10.6. The molecule has 0 saturated heterocycles. The number of hydrogen-bond donors (Lipinski definition) is 0. The Morgan fingerprint density at radius 3 is 2.41 bits per heavy atom. The van der Waals surface area contributed by atoms with E-state index in [9.17, 15) is 13.6 Å². The van der Waals surface area contributed by atoms with Crippen molar-refractivity contribution in [2.45, 2.75) is 25.8 Å². The summed E-state index contributed by atoms with van der Waals surface area (Å²) in [6.07, 6.45) is 0.523. The smallest absolute Gasteiger partial charge is 0.185 e. The van der Waals surface area contributed by atoms with E-state index < -0.39 is 23.0 Å². The van der Waals surface area contributed by atoms with Crippen molar-refractivity contribution in [1.82, 2.24) is 4.90 Å². The lowest BCUT2D eigenvalue weighted by atomic mass is 9.87. The molecule has 0 aliphatic carbocycles. The van der Waals surface area contributed by atoms with Gasteiger partial charge in [0.05, 0.1) is 11.1 Å². The molecule has 17 heavy (non-hydrogen) atoms. The van der Waals surface area contributed by atoms with Crippen molar-refractivity contribution >= 4 is 5.78 Å². The van der Waals surface area contributed by atoms with Crippen LogP contribution in [0.5, 0.6) is 0 Å². The second-order valence-electron chi connectivity index (χ2n) is 4.48. The van der Waals surface area contributed by atoms with Gasteiger partial charge in [0.2, 0.25) is 0 Å². The van der Waals surface area contributed by atoms with E-state index in [0.717, 1.165) is 18.2 Å². The number of carbonyl (C=O) groups is 1. The minimum atomic E-state index is -0.825. The van der Waals surface area contributed by atoms with Crippen LogP contribution in [0.25, 0.3) is 0 Å². The normalized spacial score (nSPS) is 14.8. The van der Waals surface area contributed by atoms with Crippen LogP contribution in [-0.4, -0.2) is 30.3 Å². The van der Waals surface area contributed by atoms with E-state index in [4.69, 9.17) is 0 Å². The fraction of sp³-hybridized carbons (Fsp3) is 0.462.